The molecule has 1 saturated carbocycles. The molecule has 1 aliphatic carbocycles. The van der Waals surface area contributed by atoms with Crippen LogP contribution in [0.3, 0.4) is 0 Å². The SMILES string of the molecule is O=C(NC1CCC1)c1ccc(F)c(Cl)c1. The molecule has 0 aromatic heterocycles. The van der Waals surface area contributed by atoms with Gasteiger partial charge in [-0.2, -0.15) is 0 Å². The van der Waals surface area contributed by atoms with E-state index in [2.05, 4.69) is 5.32 Å². The molecule has 0 heterocycles. The van der Waals surface area contributed by atoms with E-state index in [1.807, 2.05) is 0 Å². The third-order valence-corrected chi connectivity index (χ3v) is 2.91. The Kier molecular flexibility index (Phi) is 2.91. The Hall–Kier alpha value is -1.09. The average molecular weight is 228 g/mol. The van der Waals surface area contributed by atoms with Crippen LogP contribution in [0.2, 0.25) is 5.02 Å². The smallest absolute Gasteiger partial charge is 0.251 e. The van der Waals surface area contributed by atoms with Crippen molar-refractivity contribution in [3.63, 3.8) is 0 Å². The van der Waals surface area contributed by atoms with Gasteiger partial charge in [0.1, 0.15) is 5.82 Å². The molecule has 15 heavy (non-hydrogen) atoms. The highest BCUT2D eigenvalue weighted by atomic mass is 35.5. The van der Waals surface area contributed by atoms with Crippen molar-refractivity contribution in [3.05, 3.63) is 34.6 Å². The van der Waals surface area contributed by atoms with Gasteiger partial charge in [-0.15, -0.1) is 0 Å². The lowest BCUT2D eigenvalue weighted by molar-refractivity contribution is 0.0917. The highest BCUT2D eigenvalue weighted by Crippen LogP contribution is 2.20. The Bertz CT molecular complexity index is 390. The van der Waals surface area contributed by atoms with Crippen LogP contribution in [-0.4, -0.2) is 11.9 Å². The molecule has 1 aliphatic rings. The fraction of sp³-hybridized carbons (Fsp3) is 0.364. The number of hydrogen-bond acceptors (Lipinski definition) is 1. The van der Waals surface area contributed by atoms with Gasteiger partial charge in [0.05, 0.1) is 5.02 Å². The molecule has 0 unspecified atom stereocenters. The van der Waals surface area contributed by atoms with Crippen LogP contribution in [0.25, 0.3) is 0 Å². The van der Waals surface area contributed by atoms with E-state index in [-0.39, 0.29) is 17.0 Å². The van der Waals surface area contributed by atoms with Crippen LogP contribution in [0.15, 0.2) is 18.2 Å². The number of halogens is 2. The Morgan fingerprint density at radius 1 is 1.47 bits per heavy atom. The van der Waals surface area contributed by atoms with E-state index < -0.39 is 5.82 Å². The summed E-state index contributed by atoms with van der Waals surface area (Å²) in [7, 11) is 0. The number of benzene rings is 1. The molecule has 4 heteroatoms. The first-order valence-electron chi connectivity index (χ1n) is 4.93. The lowest BCUT2D eigenvalue weighted by atomic mass is 9.93. The molecule has 0 aliphatic heterocycles. The summed E-state index contributed by atoms with van der Waals surface area (Å²) in [5.41, 5.74) is 0.410. The maximum Gasteiger partial charge on any atom is 0.251 e. The molecule has 1 aromatic rings. The van der Waals surface area contributed by atoms with Gasteiger partial charge >= 0.3 is 0 Å². The van der Waals surface area contributed by atoms with E-state index in [0.717, 1.165) is 19.3 Å². The van der Waals surface area contributed by atoms with Gasteiger partial charge in [0, 0.05) is 11.6 Å². The monoisotopic (exact) mass is 227 g/mol. The summed E-state index contributed by atoms with van der Waals surface area (Å²) in [6.07, 6.45) is 3.22. The maximum absolute atomic E-state index is 12.8. The molecule has 0 radical (unpaired) electrons. The number of hydrogen-bond donors (Lipinski definition) is 1. The zero-order valence-corrected chi connectivity index (χ0v) is 8.85. The molecule has 0 spiro atoms. The molecule has 1 aromatic carbocycles. The van der Waals surface area contributed by atoms with Gasteiger partial charge in [-0.1, -0.05) is 11.6 Å². The molecule has 1 N–H and O–H groups in total. The molecule has 2 nitrogen and oxygen atoms in total. The second-order valence-corrected chi connectivity index (χ2v) is 4.14. The molecule has 1 amide bonds. The van der Waals surface area contributed by atoms with Crippen LogP contribution in [0.4, 0.5) is 4.39 Å². The first-order valence-corrected chi connectivity index (χ1v) is 5.30. The van der Waals surface area contributed by atoms with Crippen molar-refractivity contribution in [3.8, 4) is 0 Å². The second-order valence-electron chi connectivity index (χ2n) is 3.73. The van der Waals surface area contributed by atoms with E-state index in [4.69, 9.17) is 11.6 Å². The third-order valence-electron chi connectivity index (χ3n) is 2.62. The van der Waals surface area contributed by atoms with E-state index in [1.54, 1.807) is 0 Å². The van der Waals surface area contributed by atoms with Gasteiger partial charge in [0.15, 0.2) is 0 Å². The van der Waals surface area contributed by atoms with Crippen LogP contribution in [0.1, 0.15) is 29.6 Å². The predicted molar refractivity (Wildman–Crippen MR) is 56.5 cm³/mol. The minimum absolute atomic E-state index is 0.0174. The van der Waals surface area contributed by atoms with Gasteiger partial charge in [-0.25, -0.2) is 4.39 Å². The maximum atomic E-state index is 12.8. The van der Waals surface area contributed by atoms with Gasteiger partial charge in [0.2, 0.25) is 0 Å². The minimum Gasteiger partial charge on any atom is -0.349 e. The van der Waals surface area contributed by atoms with Crippen molar-refractivity contribution < 1.29 is 9.18 Å². The van der Waals surface area contributed by atoms with Crippen molar-refractivity contribution in [2.45, 2.75) is 25.3 Å². The Balaban J connectivity index is 2.07. The first kappa shape index (κ1) is 10.4. The van der Waals surface area contributed by atoms with E-state index in [1.165, 1.54) is 18.2 Å². The predicted octanol–water partition coefficient (Wildman–Crippen LogP) is 2.76. The zero-order valence-electron chi connectivity index (χ0n) is 8.09. The van der Waals surface area contributed by atoms with E-state index in [9.17, 15) is 9.18 Å². The van der Waals surface area contributed by atoms with Crippen LogP contribution in [-0.2, 0) is 0 Å². The summed E-state index contributed by atoms with van der Waals surface area (Å²) >= 11 is 5.59. The fourth-order valence-electron chi connectivity index (χ4n) is 1.46. The number of amides is 1. The summed E-state index contributed by atoms with van der Waals surface area (Å²) in [5, 5.41) is 2.84. The summed E-state index contributed by atoms with van der Waals surface area (Å²) in [5.74, 6) is -0.682. The van der Waals surface area contributed by atoms with Gasteiger partial charge in [0.25, 0.3) is 5.91 Å². The zero-order chi connectivity index (χ0) is 10.8. The third kappa shape index (κ3) is 2.29. The lowest BCUT2D eigenvalue weighted by Crippen LogP contribution is -2.39. The van der Waals surface area contributed by atoms with Crippen molar-refractivity contribution in [2.24, 2.45) is 0 Å². The van der Waals surface area contributed by atoms with Crippen LogP contribution in [0, 0.1) is 5.82 Å². The summed E-state index contributed by atoms with van der Waals surface area (Å²) in [6, 6.07) is 4.28. The lowest BCUT2D eigenvalue weighted by Gasteiger charge is -2.26. The molecule has 0 saturated heterocycles. The Labute approximate surface area is 92.4 Å². The molecule has 1 fully saturated rings. The largest absolute Gasteiger partial charge is 0.349 e. The van der Waals surface area contributed by atoms with Gasteiger partial charge < -0.3 is 5.32 Å². The van der Waals surface area contributed by atoms with Crippen LogP contribution >= 0.6 is 11.6 Å². The van der Waals surface area contributed by atoms with Crippen molar-refractivity contribution in [1.82, 2.24) is 5.32 Å². The van der Waals surface area contributed by atoms with Gasteiger partial charge in [-0.05, 0) is 37.5 Å². The summed E-state index contributed by atoms with van der Waals surface area (Å²) < 4.78 is 12.8. The van der Waals surface area contributed by atoms with Crippen molar-refractivity contribution in [2.75, 3.05) is 0 Å². The topological polar surface area (TPSA) is 29.1 Å². The molecular formula is C11H11ClFNO. The minimum atomic E-state index is -0.503. The quantitative estimate of drug-likeness (QED) is 0.827. The average Bonchev–Trinajstić information content (AvgIpc) is 2.15. The fourth-order valence-corrected chi connectivity index (χ4v) is 1.64. The van der Waals surface area contributed by atoms with Crippen LogP contribution < -0.4 is 5.32 Å². The molecule has 2 rings (SSSR count). The molecule has 80 valence electrons. The van der Waals surface area contributed by atoms with E-state index in [0.29, 0.717) is 5.56 Å². The normalized spacial score (nSPS) is 15.9. The second kappa shape index (κ2) is 4.19. The van der Waals surface area contributed by atoms with Crippen LogP contribution in [0.5, 0.6) is 0 Å². The number of rotatable bonds is 2. The van der Waals surface area contributed by atoms with Crippen molar-refractivity contribution in [1.29, 1.82) is 0 Å². The molecule has 0 atom stereocenters. The summed E-state index contributed by atoms with van der Waals surface area (Å²) in [6.45, 7) is 0. The Morgan fingerprint density at radius 2 is 2.20 bits per heavy atom. The van der Waals surface area contributed by atoms with E-state index >= 15 is 0 Å². The molecule has 0 bridgehead atoms. The van der Waals surface area contributed by atoms with Gasteiger partial charge in [-0.3, -0.25) is 4.79 Å². The standard InChI is InChI=1S/C11H11ClFNO/c12-9-6-7(4-5-10(9)13)11(15)14-8-2-1-3-8/h4-6,8H,1-3H2,(H,14,15). The molecular weight excluding hydrogens is 217 g/mol. The number of carbonyl (C=O) groups is 1. The number of nitrogens with one attached hydrogen (secondary N) is 1. The first-order chi connectivity index (χ1) is 7.16. The number of carbonyl (C=O) groups excluding carboxylic acids is 1. The highest BCUT2D eigenvalue weighted by molar-refractivity contribution is 6.31. The highest BCUT2D eigenvalue weighted by Gasteiger charge is 2.20. The summed E-state index contributed by atoms with van der Waals surface area (Å²) in [4.78, 5) is 11.6. The Morgan fingerprint density at radius 3 is 2.73 bits per heavy atom. The van der Waals surface area contributed by atoms with Crippen molar-refractivity contribution >= 4 is 17.5 Å².